The van der Waals surface area contributed by atoms with Crippen LogP contribution in [0.3, 0.4) is 0 Å². The van der Waals surface area contributed by atoms with Gasteiger partial charge in [0, 0.05) is 92.9 Å². The third-order valence-corrected chi connectivity index (χ3v) is 17.6. The Morgan fingerprint density at radius 2 is 1.76 bits per heavy atom. The van der Waals surface area contributed by atoms with Gasteiger partial charge in [0.1, 0.15) is 42.3 Å². The number of carbonyl (C=O) groups is 2. The number of nitrogens with one attached hydrogen (secondary N) is 2. The Labute approximate surface area is 439 Å². The normalized spacial score (nSPS) is 22.1. The number of hydrogen-bond donors (Lipinski definition) is 3. The van der Waals surface area contributed by atoms with E-state index in [-0.39, 0.29) is 57.6 Å². The number of benzene rings is 3. The first-order valence-corrected chi connectivity index (χ1v) is 27.1. The molecular formula is C59H72F2N10O4. The molecule has 396 valence electrons. The van der Waals surface area contributed by atoms with Gasteiger partial charge in [-0.05, 0) is 137 Å². The number of fused-ring (bicyclic) bond motifs is 4. The van der Waals surface area contributed by atoms with E-state index >= 15 is 4.39 Å². The van der Waals surface area contributed by atoms with Gasteiger partial charge in [0.15, 0.2) is 5.82 Å². The van der Waals surface area contributed by atoms with Crippen molar-refractivity contribution in [3.05, 3.63) is 82.7 Å². The summed E-state index contributed by atoms with van der Waals surface area (Å²) in [6.45, 7) is 15.7. The first kappa shape index (κ1) is 52.3. The lowest BCUT2D eigenvalue weighted by Gasteiger charge is -2.55. The Kier molecular flexibility index (Phi) is 15.2. The van der Waals surface area contributed by atoms with Gasteiger partial charge in [0.05, 0.1) is 34.9 Å². The van der Waals surface area contributed by atoms with E-state index in [9.17, 15) is 14.3 Å². The first-order valence-electron chi connectivity index (χ1n) is 27.1. The van der Waals surface area contributed by atoms with Crippen LogP contribution in [0.5, 0.6) is 5.75 Å². The largest absolute Gasteiger partial charge is 0.508 e. The SMILES string of the molecule is C#Cc1c(F)ccc2cc(O)cc(-c3ncc(/C(=N\COCC4(CN5CC6(CCC(N7CCC(c8ccc9c(C(CCC)C(=O)NC)nn(C)c9c8)CC7)CC6)C5)CC4)N4CC5CCC(C4)N5)c(N=C)c3F)c12.C=O. The molecule has 0 radical (unpaired) electrons. The molecule has 16 heteroatoms. The fourth-order valence-electron chi connectivity index (χ4n) is 13.6. The fourth-order valence-corrected chi connectivity index (χ4v) is 13.6. The summed E-state index contributed by atoms with van der Waals surface area (Å²) in [6, 6.07) is 13.6. The molecule has 6 heterocycles. The number of hydrogen-bond acceptors (Lipinski definition) is 11. The predicted octanol–water partition coefficient (Wildman–Crippen LogP) is 8.59. The summed E-state index contributed by atoms with van der Waals surface area (Å²) in [5.41, 5.74) is 4.33. The number of rotatable bonds is 15. The van der Waals surface area contributed by atoms with Crippen LogP contribution in [0, 0.1) is 34.8 Å². The monoisotopic (exact) mass is 1020 g/mol. The molecule has 3 N–H and O–H groups in total. The molecule has 4 saturated heterocycles. The number of phenolic OH excluding ortho intramolecular Hbond substituents is 1. The zero-order valence-corrected chi connectivity index (χ0v) is 43.9. The van der Waals surface area contributed by atoms with Gasteiger partial charge in [-0.15, -0.1) is 6.42 Å². The van der Waals surface area contributed by atoms with Crippen molar-refractivity contribution in [3.8, 4) is 29.4 Å². The average molecular weight is 1020 g/mol. The number of amidine groups is 1. The zero-order valence-electron chi connectivity index (χ0n) is 43.9. The molecule has 75 heavy (non-hydrogen) atoms. The summed E-state index contributed by atoms with van der Waals surface area (Å²) in [7, 11) is 3.71. The van der Waals surface area contributed by atoms with E-state index in [4.69, 9.17) is 26.0 Å². The standard InChI is InChI=1S/C58H70F2N10O3.CH2O/c1-6-8-45(56(72)62-4)52-44-13-9-37(26-49(44)67(5)66-52)36-17-23-69(24-18-36)41-15-19-57(20-16-41)31-68(32-57)33-58(21-22-58)34-73-35-64-55(70-29-39-11-12-40(30-70)65-39)47-28-63-54(51(60)53(47)61-3)46-27-42(71)25-38-10-14-48(59)43(7-2)50(38)46;1-2/h2,9-10,13-14,25-28,36,39-41,45,65,71H,3,6,8,11-12,15-24,29-35H2,1,4-5H3,(H,62,72);1H2/b64-55+;. The average Bonchev–Trinajstić information content (AvgIpc) is 3.99. The van der Waals surface area contributed by atoms with E-state index in [0.717, 1.165) is 74.8 Å². The van der Waals surface area contributed by atoms with Crippen molar-refractivity contribution >= 4 is 52.6 Å². The van der Waals surface area contributed by atoms with Gasteiger partial charge in [-0.2, -0.15) is 5.10 Å². The Balaban J connectivity index is 0.00000317. The highest BCUT2D eigenvalue weighted by molar-refractivity contribution is 6.05. The van der Waals surface area contributed by atoms with Gasteiger partial charge < -0.3 is 40.0 Å². The summed E-state index contributed by atoms with van der Waals surface area (Å²) in [5.74, 6) is 1.79. The molecule has 3 unspecified atom stereocenters. The number of halogens is 2. The van der Waals surface area contributed by atoms with Crippen LogP contribution in [0.25, 0.3) is 32.9 Å². The van der Waals surface area contributed by atoms with Crippen molar-refractivity contribution in [2.45, 2.75) is 114 Å². The fraction of sp³-hybridized carbons (Fsp3) is 0.525. The number of likely N-dealkylation sites (tertiary alicyclic amines) is 3. The molecule has 4 aliphatic heterocycles. The third-order valence-electron chi connectivity index (χ3n) is 17.6. The summed E-state index contributed by atoms with van der Waals surface area (Å²) in [6.07, 6.45) is 20.9. The number of terminal acetylenes is 1. The van der Waals surface area contributed by atoms with E-state index in [1.165, 1.54) is 81.4 Å². The summed E-state index contributed by atoms with van der Waals surface area (Å²) in [5, 5.41) is 23.9. The molecular weight excluding hydrogens is 951 g/mol. The molecule has 2 bridgehead atoms. The number of carbonyl (C=O) groups excluding carboxylic acids is 2. The van der Waals surface area contributed by atoms with Crippen LogP contribution in [0.15, 0.2) is 58.6 Å². The van der Waals surface area contributed by atoms with Crippen molar-refractivity contribution in [2.24, 2.45) is 27.9 Å². The minimum absolute atomic E-state index is 0.0273. The highest BCUT2D eigenvalue weighted by Gasteiger charge is 2.51. The highest BCUT2D eigenvalue weighted by atomic mass is 19.1. The van der Waals surface area contributed by atoms with Crippen LogP contribution in [0.2, 0.25) is 0 Å². The number of phenols is 1. The number of likely N-dealkylation sites (N-methyl/N-ethyl adjacent to an activating group) is 1. The quantitative estimate of drug-likeness (QED) is 0.0403. The van der Waals surface area contributed by atoms with Gasteiger partial charge in [-0.1, -0.05) is 37.5 Å². The van der Waals surface area contributed by atoms with Crippen molar-refractivity contribution < 1.29 is 28.2 Å². The third kappa shape index (κ3) is 10.3. The zero-order chi connectivity index (χ0) is 52.6. The molecule has 2 saturated carbocycles. The summed E-state index contributed by atoms with van der Waals surface area (Å²) in [4.78, 5) is 42.2. The Hall–Kier alpha value is -6.12. The highest BCUT2D eigenvalue weighted by Crippen LogP contribution is 2.52. The number of aromatic nitrogens is 3. The number of ether oxygens (including phenoxy) is 1. The van der Waals surface area contributed by atoms with Gasteiger partial charge in [0.2, 0.25) is 5.91 Å². The number of piperazine rings is 1. The number of aromatic hydroxyl groups is 1. The van der Waals surface area contributed by atoms with Crippen molar-refractivity contribution in [2.75, 3.05) is 66.2 Å². The maximum absolute atomic E-state index is 16.9. The lowest BCUT2D eigenvalue weighted by atomic mass is 9.66. The molecule has 6 aliphatic rings. The second kappa shape index (κ2) is 21.9. The first-order chi connectivity index (χ1) is 36.4. The summed E-state index contributed by atoms with van der Waals surface area (Å²) < 4.78 is 40.2. The smallest absolute Gasteiger partial charge is 0.228 e. The lowest BCUT2D eigenvalue weighted by Crippen LogP contribution is -2.60. The minimum atomic E-state index is -0.760. The van der Waals surface area contributed by atoms with Crippen LogP contribution in [0.1, 0.15) is 118 Å². The lowest BCUT2D eigenvalue weighted by molar-refractivity contribution is -0.122. The second-order valence-corrected chi connectivity index (χ2v) is 22.4. The predicted molar refractivity (Wildman–Crippen MR) is 291 cm³/mol. The van der Waals surface area contributed by atoms with Gasteiger partial charge in [0.25, 0.3) is 0 Å². The van der Waals surface area contributed by atoms with Crippen molar-refractivity contribution in [1.29, 1.82) is 0 Å². The van der Waals surface area contributed by atoms with Gasteiger partial charge >= 0.3 is 0 Å². The summed E-state index contributed by atoms with van der Waals surface area (Å²) >= 11 is 0. The number of nitrogens with zero attached hydrogens (tertiary/aromatic N) is 8. The van der Waals surface area contributed by atoms with Gasteiger partial charge in [-0.3, -0.25) is 19.5 Å². The van der Waals surface area contributed by atoms with E-state index in [1.807, 2.05) is 18.5 Å². The Bertz CT molecular complexity index is 3000. The van der Waals surface area contributed by atoms with Crippen LogP contribution >= 0.6 is 0 Å². The minimum Gasteiger partial charge on any atom is -0.508 e. The molecule has 5 aromatic rings. The number of amides is 1. The molecule has 2 aliphatic carbocycles. The number of pyridine rings is 1. The maximum atomic E-state index is 16.9. The molecule has 3 atom stereocenters. The molecule has 1 spiro atoms. The van der Waals surface area contributed by atoms with Crippen LogP contribution in [-0.4, -0.2) is 144 Å². The molecule has 14 nitrogen and oxygen atoms in total. The van der Waals surface area contributed by atoms with E-state index in [0.29, 0.717) is 65.9 Å². The second-order valence-electron chi connectivity index (χ2n) is 22.4. The Morgan fingerprint density at radius 1 is 1.03 bits per heavy atom. The van der Waals surface area contributed by atoms with Crippen LogP contribution in [-0.2, 0) is 21.4 Å². The van der Waals surface area contributed by atoms with E-state index < -0.39 is 11.6 Å². The number of aliphatic imine (C=N–C) groups is 2. The molecule has 11 rings (SSSR count). The van der Waals surface area contributed by atoms with Crippen molar-refractivity contribution in [1.82, 2.24) is 40.1 Å². The number of piperidine rings is 1. The van der Waals surface area contributed by atoms with Crippen molar-refractivity contribution in [3.63, 3.8) is 0 Å². The van der Waals surface area contributed by atoms with Crippen LogP contribution in [0.4, 0.5) is 14.5 Å². The molecule has 2 aromatic heterocycles. The molecule has 3 aromatic carbocycles. The number of aryl methyl sites for hydroxylation is 1. The van der Waals surface area contributed by atoms with E-state index in [1.54, 1.807) is 13.2 Å². The maximum Gasteiger partial charge on any atom is 0.228 e. The topological polar surface area (TPSA) is 153 Å². The molecule has 1 amide bonds. The van der Waals surface area contributed by atoms with Gasteiger partial charge in [-0.25, -0.2) is 13.8 Å². The Morgan fingerprint density at radius 3 is 2.43 bits per heavy atom. The van der Waals surface area contributed by atoms with Crippen LogP contribution < -0.4 is 10.6 Å². The van der Waals surface area contributed by atoms with E-state index in [2.05, 4.69) is 73.1 Å². The molecule has 6 fully saturated rings.